The molecule has 0 unspecified atom stereocenters. The smallest absolute Gasteiger partial charge is 0.344 e. The van der Waals surface area contributed by atoms with Gasteiger partial charge < -0.3 is 9.80 Å². The minimum atomic E-state index is -0.455. The molecule has 0 atom stereocenters. The first-order valence-corrected chi connectivity index (χ1v) is 5.51. The quantitative estimate of drug-likeness (QED) is 0.568. The molecule has 1 fully saturated rings. The average Bonchev–Trinajstić information content (AvgIpc) is 2.80. The lowest BCUT2D eigenvalue weighted by Crippen LogP contribution is -2.27. The van der Waals surface area contributed by atoms with Gasteiger partial charge in [0.15, 0.2) is 0 Å². The van der Waals surface area contributed by atoms with Crippen LogP contribution in [-0.2, 0) is 0 Å². The van der Waals surface area contributed by atoms with E-state index in [4.69, 9.17) is 0 Å². The lowest BCUT2D eigenvalue weighted by molar-refractivity contribution is -0.380. The number of hydrogen-bond donors (Lipinski definition) is 0. The van der Waals surface area contributed by atoms with Gasteiger partial charge in [-0.25, -0.2) is 4.98 Å². The summed E-state index contributed by atoms with van der Waals surface area (Å²) in [5, 5.41) is 10.9. The highest BCUT2D eigenvalue weighted by molar-refractivity contribution is 7.18. The monoisotopic (exact) mass is 241 g/mol. The predicted octanol–water partition coefficient (Wildman–Crippen LogP) is 0.916. The highest BCUT2D eigenvalue weighted by atomic mass is 32.1. The highest BCUT2D eigenvalue weighted by Crippen LogP contribution is 2.28. The Bertz CT molecular complexity index is 431. The molecule has 2 rings (SSSR count). The summed E-state index contributed by atoms with van der Waals surface area (Å²) in [6.07, 6.45) is 1.24. The standard InChI is InChI=1S/C8H11N5O2S/c1-11-3-4-12(2)8(11)10-7-9-5-6(16-7)13(14)15/h5H,3-4H2,1-2H3. The molecule has 0 amide bonds. The van der Waals surface area contributed by atoms with Crippen LogP contribution in [0.1, 0.15) is 0 Å². The third-order valence-corrected chi connectivity index (χ3v) is 3.15. The molecule has 0 radical (unpaired) electrons. The van der Waals surface area contributed by atoms with E-state index in [0.29, 0.717) is 5.13 Å². The van der Waals surface area contributed by atoms with Crippen LogP contribution >= 0.6 is 11.3 Å². The Kier molecular flexibility index (Phi) is 2.73. The number of guanidine groups is 1. The van der Waals surface area contributed by atoms with E-state index < -0.39 is 4.92 Å². The van der Waals surface area contributed by atoms with Crippen LogP contribution in [0, 0.1) is 10.1 Å². The molecule has 7 nitrogen and oxygen atoms in total. The first-order valence-electron chi connectivity index (χ1n) is 4.69. The Morgan fingerprint density at radius 1 is 1.50 bits per heavy atom. The maximum Gasteiger partial charge on any atom is 0.345 e. The molecule has 1 aromatic heterocycles. The molecule has 1 aliphatic rings. The molecule has 0 N–H and O–H groups in total. The van der Waals surface area contributed by atoms with Crippen molar-refractivity contribution < 1.29 is 4.92 Å². The molecule has 0 aromatic carbocycles. The lowest BCUT2D eigenvalue weighted by Gasteiger charge is -2.14. The van der Waals surface area contributed by atoms with E-state index in [1.54, 1.807) is 0 Å². The van der Waals surface area contributed by atoms with Gasteiger partial charge in [0.05, 0.1) is 4.92 Å². The van der Waals surface area contributed by atoms with Gasteiger partial charge in [-0.15, -0.1) is 0 Å². The van der Waals surface area contributed by atoms with E-state index in [1.807, 2.05) is 23.9 Å². The van der Waals surface area contributed by atoms with Crippen molar-refractivity contribution in [1.82, 2.24) is 14.8 Å². The number of nitrogens with zero attached hydrogens (tertiary/aromatic N) is 5. The zero-order valence-corrected chi connectivity index (χ0v) is 9.77. The second-order valence-electron chi connectivity index (χ2n) is 3.49. The Balaban J connectivity index is 2.24. The van der Waals surface area contributed by atoms with Crippen LogP contribution in [0.15, 0.2) is 11.2 Å². The second kappa shape index (κ2) is 4.05. The molecule has 16 heavy (non-hydrogen) atoms. The van der Waals surface area contributed by atoms with E-state index in [1.165, 1.54) is 6.20 Å². The molecule has 2 heterocycles. The zero-order chi connectivity index (χ0) is 11.7. The van der Waals surface area contributed by atoms with E-state index in [9.17, 15) is 10.1 Å². The molecule has 1 aliphatic heterocycles. The van der Waals surface area contributed by atoms with Crippen molar-refractivity contribution in [2.75, 3.05) is 27.2 Å². The van der Waals surface area contributed by atoms with Gasteiger partial charge in [0.25, 0.3) is 0 Å². The minimum Gasteiger partial charge on any atom is -0.344 e. The third kappa shape index (κ3) is 1.96. The van der Waals surface area contributed by atoms with Crippen molar-refractivity contribution in [3.63, 3.8) is 0 Å². The van der Waals surface area contributed by atoms with Crippen molar-refractivity contribution in [3.8, 4) is 0 Å². The SMILES string of the molecule is CN1CCN(C)C1=Nc1ncc([N+](=O)[O-])s1. The number of likely N-dealkylation sites (N-methyl/N-ethyl adjacent to an activating group) is 2. The number of hydrogen-bond acceptors (Lipinski definition) is 5. The fraction of sp³-hybridized carbons (Fsp3) is 0.500. The predicted molar refractivity (Wildman–Crippen MR) is 61.1 cm³/mol. The zero-order valence-electron chi connectivity index (χ0n) is 8.95. The molecule has 0 aliphatic carbocycles. The van der Waals surface area contributed by atoms with E-state index in [2.05, 4.69) is 9.98 Å². The summed E-state index contributed by atoms with van der Waals surface area (Å²) in [7, 11) is 3.87. The van der Waals surface area contributed by atoms with Crippen molar-refractivity contribution in [3.05, 3.63) is 16.3 Å². The maximum atomic E-state index is 10.5. The van der Waals surface area contributed by atoms with E-state index in [-0.39, 0.29) is 5.00 Å². The second-order valence-corrected chi connectivity index (χ2v) is 4.48. The van der Waals surface area contributed by atoms with Crippen LogP contribution in [0.25, 0.3) is 0 Å². The Hall–Kier alpha value is -1.70. The lowest BCUT2D eigenvalue weighted by atomic mass is 10.6. The number of rotatable bonds is 2. The molecule has 86 valence electrons. The van der Waals surface area contributed by atoms with Gasteiger partial charge >= 0.3 is 5.00 Å². The van der Waals surface area contributed by atoms with Gasteiger partial charge in [-0.1, -0.05) is 0 Å². The van der Waals surface area contributed by atoms with Crippen LogP contribution in [-0.4, -0.2) is 52.9 Å². The summed E-state index contributed by atoms with van der Waals surface area (Å²) in [4.78, 5) is 22.2. The summed E-state index contributed by atoms with van der Waals surface area (Å²) >= 11 is 0.981. The van der Waals surface area contributed by atoms with Crippen molar-refractivity contribution >= 4 is 27.4 Å². The van der Waals surface area contributed by atoms with Crippen molar-refractivity contribution in [1.29, 1.82) is 0 Å². The summed E-state index contributed by atoms with van der Waals surface area (Å²) in [6.45, 7) is 1.81. The number of aliphatic imine (C=N–C) groups is 1. The van der Waals surface area contributed by atoms with Gasteiger partial charge in [0.1, 0.15) is 6.20 Å². The van der Waals surface area contributed by atoms with Crippen LogP contribution in [0.3, 0.4) is 0 Å². The van der Waals surface area contributed by atoms with Gasteiger partial charge in [-0.3, -0.25) is 10.1 Å². The molecule has 1 aromatic rings. The largest absolute Gasteiger partial charge is 0.345 e. The third-order valence-electron chi connectivity index (χ3n) is 2.31. The minimum absolute atomic E-state index is 0.0163. The first kappa shape index (κ1) is 10.8. The van der Waals surface area contributed by atoms with E-state index in [0.717, 1.165) is 30.4 Å². The normalized spacial score (nSPS) is 15.8. The summed E-state index contributed by atoms with van der Waals surface area (Å²) in [5.74, 6) is 0.796. The average molecular weight is 241 g/mol. The van der Waals surface area contributed by atoms with Gasteiger partial charge in [-0.2, -0.15) is 4.99 Å². The summed E-state index contributed by atoms with van der Waals surface area (Å²) in [6, 6.07) is 0. The Morgan fingerprint density at radius 2 is 2.12 bits per heavy atom. The number of aromatic nitrogens is 1. The van der Waals surface area contributed by atoms with Crippen LogP contribution in [0.4, 0.5) is 10.1 Å². The van der Waals surface area contributed by atoms with Crippen LogP contribution in [0.5, 0.6) is 0 Å². The van der Waals surface area contributed by atoms with Gasteiger partial charge in [0.2, 0.25) is 11.1 Å². The number of thiazole rings is 1. The van der Waals surface area contributed by atoms with Crippen molar-refractivity contribution in [2.45, 2.75) is 0 Å². The fourth-order valence-corrected chi connectivity index (χ4v) is 2.04. The highest BCUT2D eigenvalue weighted by Gasteiger charge is 2.21. The van der Waals surface area contributed by atoms with Crippen molar-refractivity contribution in [2.24, 2.45) is 4.99 Å². The molecular weight excluding hydrogens is 230 g/mol. The molecule has 0 saturated carbocycles. The van der Waals surface area contributed by atoms with E-state index >= 15 is 0 Å². The van der Waals surface area contributed by atoms with Crippen LogP contribution < -0.4 is 0 Å². The Labute approximate surface area is 96.2 Å². The maximum absolute atomic E-state index is 10.5. The molecular formula is C8H11N5O2S. The van der Waals surface area contributed by atoms with Crippen LogP contribution in [0.2, 0.25) is 0 Å². The van der Waals surface area contributed by atoms with Gasteiger partial charge in [-0.05, 0) is 11.3 Å². The molecule has 0 bridgehead atoms. The summed E-state index contributed by atoms with van der Waals surface area (Å²) < 4.78 is 0. The topological polar surface area (TPSA) is 74.9 Å². The molecule has 0 spiro atoms. The van der Waals surface area contributed by atoms with Gasteiger partial charge in [0, 0.05) is 27.2 Å². The Morgan fingerprint density at radius 3 is 2.62 bits per heavy atom. The summed E-state index contributed by atoms with van der Waals surface area (Å²) in [5.41, 5.74) is 0. The fourth-order valence-electron chi connectivity index (χ4n) is 1.44. The molecule has 8 heteroatoms. The number of nitro groups is 1. The first-order chi connectivity index (χ1) is 7.58. The molecule has 1 saturated heterocycles.